The molecule has 0 aliphatic carbocycles. The first-order chi connectivity index (χ1) is 15.5. The molecule has 2 aromatic heterocycles. The van der Waals surface area contributed by atoms with Gasteiger partial charge >= 0.3 is 0 Å². The van der Waals surface area contributed by atoms with Gasteiger partial charge in [-0.25, -0.2) is 4.39 Å². The predicted molar refractivity (Wildman–Crippen MR) is 122 cm³/mol. The molecule has 32 heavy (non-hydrogen) atoms. The number of hydrogen-bond acceptors (Lipinski definition) is 5. The summed E-state index contributed by atoms with van der Waals surface area (Å²) in [6.07, 6.45) is 5.52. The van der Waals surface area contributed by atoms with Gasteiger partial charge in [0.15, 0.2) is 5.82 Å². The number of benzene rings is 1. The number of anilines is 2. The molecule has 0 atom stereocenters. The lowest BCUT2D eigenvalue weighted by Gasteiger charge is -2.33. The van der Waals surface area contributed by atoms with E-state index in [1.54, 1.807) is 18.5 Å². The Morgan fingerprint density at radius 3 is 2.56 bits per heavy atom. The minimum atomic E-state index is -0.650. The Labute approximate surface area is 192 Å². The Hall–Kier alpha value is -3.27. The normalized spacial score (nSPS) is 14.2. The molecule has 1 aliphatic rings. The van der Waals surface area contributed by atoms with Crippen molar-refractivity contribution in [2.75, 3.05) is 29.9 Å². The van der Waals surface area contributed by atoms with E-state index in [4.69, 9.17) is 0 Å². The van der Waals surface area contributed by atoms with Crippen LogP contribution < -0.4 is 15.5 Å². The monoisotopic (exact) mass is 500 g/mol. The zero-order valence-corrected chi connectivity index (χ0v) is 18.7. The van der Waals surface area contributed by atoms with Crippen LogP contribution in [-0.4, -0.2) is 46.6 Å². The Bertz CT molecular complexity index is 1100. The van der Waals surface area contributed by atoms with E-state index in [0.29, 0.717) is 16.9 Å². The topological polar surface area (TPSA) is 103 Å². The fourth-order valence-electron chi connectivity index (χ4n) is 3.66. The summed E-state index contributed by atoms with van der Waals surface area (Å²) in [5.41, 5.74) is 1.25. The van der Waals surface area contributed by atoms with Gasteiger partial charge in [0, 0.05) is 37.7 Å². The molecule has 1 saturated heterocycles. The molecule has 4 rings (SSSR count). The van der Waals surface area contributed by atoms with Crippen LogP contribution in [0.5, 0.6) is 0 Å². The van der Waals surface area contributed by atoms with Gasteiger partial charge in [-0.1, -0.05) is 12.1 Å². The van der Waals surface area contributed by atoms with Crippen LogP contribution in [0.4, 0.5) is 15.9 Å². The summed E-state index contributed by atoms with van der Waals surface area (Å²) >= 11 is 3.30. The first kappa shape index (κ1) is 21.9. The van der Waals surface area contributed by atoms with E-state index >= 15 is 0 Å². The molecule has 166 valence electrons. The molecule has 0 radical (unpaired) electrons. The highest BCUT2D eigenvalue weighted by Crippen LogP contribution is 2.25. The van der Waals surface area contributed by atoms with Crippen molar-refractivity contribution in [3.8, 4) is 0 Å². The van der Waals surface area contributed by atoms with Crippen LogP contribution in [0.25, 0.3) is 0 Å². The lowest BCUT2D eigenvalue weighted by molar-refractivity contribution is 0.0938. The van der Waals surface area contributed by atoms with Crippen molar-refractivity contribution in [2.45, 2.75) is 12.8 Å². The maximum atomic E-state index is 13.8. The molecule has 3 heterocycles. The zero-order chi connectivity index (χ0) is 22.5. The number of carbonyl (C=O) groups excluding carboxylic acids is 2. The summed E-state index contributed by atoms with van der Waals surface area (Å²) in [6.45, 7) is 2.39. The Kier molecular flexibility index (Phi) is 6.79. The van der Waals surface area contributed by atoms with Gasteiger partial charge in [0.2, 0.25) is 0 Å². The summed E-state index contributed by atoms with van der Waals surface area (Å²) in [7, 11) is 0. The third kappa shape index (κ3) is 4.96. The smallest absolute Gasteiger partial charge is 0.270 e. The fraction of sp³-hybridized carbons (Fsp3) is 0.273. The van der Waals surface area contributed by atoms with E-state index in [1.807, 2.05) is 12.1 Å². The van der Waals surface area contributed by atoms with E-state index < -0.39 is 11.7 Å². The lowest BCUT2D eigenvalue weighted by Crippen LogP contribution is -2.38. The van der Waals surface area contributed by atoms with Crippen LogP contribution >= 0.6 is 15.9 Å². The molecule has 0 spiro atoms. The van der Waals surface area contributed by atoms with Crippen molar-refractivity contribution >= 4 is 39.2 Å². The molecule has 3 aromatic rings. The van der Waals surface area contributed by atoms with Gasteiger partial charge in [-0.2, -0.15) is 5.10 Å². The molecule has 1 fully saturated rings. The highest BCUT2D eigenvalue weighted by Gasteiger charge is 2.23. The van der Waals surface area contributed by atoms with Crippen molar-refractivity contribution in [3.05, 3.63) is 70.3 Å². The van der Waals surface area contributed by atoms with E-state index in [-0.39, 0.29) is 23.0 Å². The molecule has 8 nitrogen and oxygen atoms in total. The zero-order valence-electron chi connectivity index (χ0n) is 17.1. The highest BCUT2D eigenvalue weighted by molar-refractivity contribution is 9.10. The van der Waals surface area contributed by atoms with Gasteiger partial charge in [0.05, 0.1) is 10.0 Å². The van der Waals surface area contributed by atoms with Crippen molar-refractivity contribution in [1.29, 1.82) is 0 Å². The summed E-state index contributed by atoms with van der Waals surface area (Å²) in [4.78, 5) is 31.3. The van der Waals surface area contributed by atoms with Crippen LogP contribution in [0.2, 0.25) is 0 Å². The molecule has 1 aromatic carbocycles. The Morgan fingerprint density at radius 2 is 1.84 bits per heavy atom. The number of nitrogens with zero attached hydrogens (tertiary/aromatic N) is 3. The van der Waals surface area contributed by atoms with Gasteiger partial charge in [0.25, 0.3) is 11.8 Å². The maximum absolute atomic E-state index is 13.8. The van der Waals surface area contributed by atoms with Gasteiger partial charge in [-0.05, 0) is 59.0 Å². The molecule has 0 saturated carbocycles. The SMILES string of the molecule is O=C(Nc1n[nH]c(C(=O)NCC2CCN(c3ccncc3)CC2)c1Br)c1ccccc1F. The van der Waals surface area contributed by atoms with Gasteiger partial charge in [-0.3, -0.25) is 19.7 Å². The Balaban J connectivity index is 1.30. The number of hydrogen-bond donors (Lipinski definition) is 3. The van der Waals surface area contributed by atoms with E-state index in [0.717, 1.165) is 31.6 Å². The number of aromatic nitrogens is 3. The van der Waals surface area contributed by atoms with Crippen molar-refractivity contribution in [1.82, 2.24) is 20.5 Å². The number of rotatable bonds is 6. The van der Waals surface area contributed by atoms with Crippen LogP contribution in [0.3, 0.4) is 0 Å². The largest absolute Gasteiger partial charge is 0.371 e. The molecule has 3 N–H and O–H groups in total. The number of halogens is 2. The van der Waals surface area contributed by atoms with Gasteiger partial charge in [0.1, 0.15) is 11.5 Å². The fourth-order valence-corrected chi connectivity index (χ4v) is 4.11. The van der Waals surface area contributed by atoms with Crippen LogP contribution in [0.1, 0.15) is 33.7 Å². The number of amides is 2. The van der Waals surface area contributed by atoms with Gasteiger partial charge in [-0.15, -0.1) is 0 Å². The minimum absolute atomic E-state index is 0.105. The molecule has 0 unspecified atom stereocenters. The predicted octanol–water partition coefficient (Wildman–Crippen LogP) is 3.61. The first-order valence-electron chi connectivity index (χ1n) is 10.3. The minimum Gasteiger partial charge on any atom is -0.371 e. The summed E-state index contributed by atoms with van der Waals surface area (Å²) in [5.74, 6) is -1.12. The second-order valence-corrected chi connectivity index (χ2v) is 8.33. The second-order valence-electron chi connectivity index (χ2n) is 7.54. The first-order valence-corrected chi connectivity index (χ1v) is 11.0. The molecule has 0 bridgehead atoms. The molecule has 10 heteroatoms. The van der Waals surface area contributed by atoms with Crippen LogP contribution in [0, 0.1) is 11.7 Å². The lowest BCUT2D eigenvalue weighted by atomic mass is 9.96. The molecule has 1 aliphatic heterocycles. The number of piperidine rings is 1. The number of pyridine rings is 1. The summed E-state index contributed by atoms with van der Waals surface area (Å²) in [6, 6.07) is 9.65. The molecule has 2 amide bonds. The van der Waals surface area contributed by atoms with E-state index in [2.05, 4.69) is 46.6 Å². The summed E-state index contributed by atoms with van der Waals surface area (Å²) in [5, 5.41) is 12.0. The second kappa shape index (κ2) is 9.90. The van der Waals surface area contributed by atoms with Crippen molar-refractivity contribution < 1.29 is 14.0 Å². The number of carbonyl (C=O) groups is 2. The Morgan fingerprint density at radius 1 is 1.12 bits per heavy atom. The van der Waals surface area contributed by atoms with E-state index in [1.165, 1.54) is 18.2 Å². The molecular weight excluding hydrogens is 479 g/mol. The molecular formula is C22H22BrFN6O2. The van der Waals surface area contributed by atoms with Crippen LogP contribution in [-0.2, 0) is 0 Å². The van der Waals surface area contributed by atoms with Crippen molar-refractivity contribution in [3.63, 3.8) is 0 Å². The van der Waals surface area contributed by atoms with Crippen molar-refractivity contribution in [2.24, 2.45) is 5.92 Å². The number of nitrogens with one attached hydrogen (secondary N) is 3. The summed E-state index contributed by atoms with van der Waals surface area (Å²) < 4.78 is 14.1. The number of H-pyrrole nitrogens is 1. The average molecular weight is 501 g/mol. The number of aromatic amines is 1. The third-order valence-electron chi connectivity index (χ3n) is 5.48. The highest BCUT2D eigenvalue weighted by atomic mass is 79.9. The standard InChI is InChI=1S/C22H22BrFN6O2/c23-18-19(28-29-20(18)27-21(31)16-3-1-2-4-17(16)24)22(32)26-13-14-7-11-30(12-8-14)15-5-9-25-10-6-15/h1-6,9-10,14H,7-8,11-13H2,(H,26,32)(H2,27,28,29,31). The van der Waals surface area contributed by atoms with Gasteiger partial charge < -0.3 is 15.5 Å². The van der Waals surface area contributed by atoms with E-state index in [9.17, 15) is 14.0 Å². The average Bonchev–Trinajstić information content (AvgIpc) is 3.18. The quantitative estimate of drug-likeness (QED) is 0.479. The van der Waals surface area contributed by atoms with Crippen LogP contribution in [0.15, 0.2) is 53.3 Å². The third-order valence-corrected chi connectivity index (χ3v) is 6.25. The maximum Gasteiger partial charge on any atom is 0.270 e.